The normalized spacial score (nSPS) is 27.6. The first kappa shape index (κ1) is 13.3. The van der Waals surface area contributed by atoms with Crippen LogP contribution in [0.25, 0.3) is 0 Å². The summed E-state index contributed by atoms with van der Waals surface area (Å²) in [7, 11) is 0. The lowest BCUT2D eigenvalue weighted by atomic mass is 9.82. The van der Waals surface area contributed by atoms with Gasteiger partial charge in [-0.3, -0.25) is 10.1 Å². The van der Waals surface area contributed by atoms with Crippen molar-refractivity contribution in [3.63, 3.8) is 0 Å². The van der Waals surface area contributed by atoms with Gasteiger partial charge in [0, 0.05) is 48.6 Å². The molecular formula is C14H18N2O4. The second-order valence-electron chi connectivity index (χ2n) is 5.39. The van der Waals surface area contributed by atoms with Crippen molar-refractivity contribution >= 4 is 11.4 Å². The highest BCUT2D eigenvalue weighted by Gasteiger charge is 2.40. The first-order valence-electron chi connectivity index (χ1n) is 6.98. The van der Waals surface area contributed by atoms with Gasteiger partial charge in [0.15, 0.2) is 0 Å². The van der Waals surface area contributed by atoms with Gasteiger partial charge in [-0.1, -0.05) is 0 Å². The Balaban J connectivity index is 1.92. The number of hydrogen-bond acceptors (Lipinski definition) is 5. The molecule has 3 atom stereocenters. The Morgan fingerprint density at radius 2 is 2.35 bits per heavy atom. The summed E-state index contributed by atoms with van der Waals surface area (Å²) in [5.74, 6) is 0.330. The number of non-ortho nitro benzene ring substituents is 1. The lowest BCUT2D eigenvalue weighted by Crippen LogP contribution is -2.36. The van der Waals surface area contributed by atoms with Crippen LogP contribution in [0.15, 0.2) is 18.2 Å². The van der Waals surface area contributed by atoms with Gasteiger partial charge in [0.25, 0.3) is 5.69 Å². The summed E-state index contributed by atoms with van der Waals surface area (Å²) in [5, 5.41) is 23.4. The van der Waals surface area contributed by atoms with Crippen LogP contribution in [0.3, 0.4) is 0 Å². The minimum absolute atomic E-state index is 0.0603. The van der Waals surface area contributed by atoms with Crippen molar-refractivity contribution in [2.45, 2.75) is 31.4 Å². The van der Waals surface area contributed by atoms with E-state index in [1.807, 2.05) is 0 Å². The van der Waals surface area contributed by atoms with E-state index in [4.69, 9.17) is 9.84 Å². The zero-order valence-electron chi connectivity index (χ0n) is 11.1. The highest BCUT2D eigenvalue weighted by atomic mass is 16.6. The third-order valence-electron chi connectivity index (χ3n) is 4.22. The van der Waals surface area contributed by atoms with Gasteiger partial charge in [0.05, 0.1) is 11.0 Å². The molecule has 6 nitrogen and oxygen atoms in total. The zero-order valence-corrected chi connectivity index (χ0v) is 11.1. The minimum Gasteiger partial charge on any atom is -0.396 e. The third-order valence-corrected chi connectivity index (χ3v) is 4.22. The van der Waals surface area contributed by atoms with Crippen molar-refractivity contribution in [1.29, 1.82) is 0 Å². The van der Waals surface area contributed by atoms with Crippen molar-refractivity contribution in [2.75, 3.05) is 18.5 Å². The molecule has 0 unspecified atom stereocenters. The number of benzene rings is 1. The average molecular weight is 278 g/mol. The van der Waals surface area contributed by atoms with Gasteiger partial charge in [-0.05, 0) is 25.3 Å². The van der Waals surface area contributed by atoms with Crippen molar-refractivity contribution in [1.82, 2.24) is 0 Å². The number of nitro benzene ring substituents is 1. The predicted molar refractivity (Wildman–Crippen MR) is 73.6 cm³/mol. The fraction of sp³-hybridized carbons (Fsp3) is 0.571. The van der Waals surface area contributed by atoms with Crippen molar-refractivity contribution in [3.8, 4) is 0 Å². The predicted octanol–water partition coefficient (Wildman–Crippen LogP) is 2.24. The maximum atomic E-state index is 10.9. The molecule has 2 aliphatic rings. The number of anilines is 1. The third kappa shape index (κ3) is 2.25. The molecule has 0 bridgehead atoms. The van der Waals surface area contributed by atoms with Crippen molar-refractivity contribution in [3.05, 3.63) is 33.9 Å². The summed E-state index contributed by atoms with van der Waals surface area (Å²) in [6.45, 7) is 0.873. The van der Waals surface area contributed by atoms with Crippen LogP contribution in [-0.4, -0.2) is 29.3 Å². The van der Waals surface area contributed by atoms with Crippen LogP contribution in [0.2, 0.25) is 0 Å². The Morgan fingerprint density at radius 3 is 3.10 bits per heavy atom. The van der Waals surface area contributed by atoms with Gasteiger partial charge in [-0.15, -0.1) is 0 Å². The molecule has 0 aromatic heterocycles. The van der Waals surface area contributed by atoms with Crippen LogP contribution in [0.5, 0.6) is 0 Å². The van der Waals surface area contributed by atoms with Crippen LogP contribution in [0, 0.1) is 16.0 Å². The summed E-state index contributed by atoms with van der Waals surface area (Å²) >= 11 is 0. The van der Waals surface area contributed by atoms with Crippen molar-refractivity contribution < 1.29 is 14.8 Å². The highest BCUT2D eigenvalue weighted by Crippen LogP contribution is 2.46. The number of nitro groups is 1. The molecule has 1 aromatic carbocycles. The van der Waals surface area contributed by atoms with Gasteiger partial charge in [-0.25, -0.2) is 0 Å². The van der Waals surface area contributed by atoms with Crippen LogP contribution in [0.1, 0.15) is 30.9 Å². The Morgan fingerprint density at radius 1 is 1.50 bits per heavy atom. The fourth-order valence-corrected chi connectivity index (χ4v) is 3.27. The SMILES string of the molecule is O=[N+]([O-])c1ccc2c(c1)[C@H]1OCC[C@H]1[C@H](CCCO)N2. The first-order valence-corrected chi connectivity index (χ1v) is 6.98. The lowest BCUT2D eigenvalue weighted by Gasteiger charge is -2.36. The van der Waals surface area contributed by atoms with E-state index in [0.717, 1.165) is 30.5 Å². The number of nitrogens with one attached hydrogen (secondary N) is 1. The van der Waals surface area contributed by atoms with E-state index in [9.17, 15) is 10.1 Å². The number of ether oxygens (including phenoxy) is 1. The molecule has 0 amide bonds. The van der Waals surface area contributed by atoms with E-state index in [2.05, 4.69) is 5.32 Å². The summed E-state index contributed by atoms with van der Waals surface area (Å²) in [4.78, 5) is 10.5. The average Bonchev–Trinajstić information content (AvgIpc) is 2.94. The van der Waals surface area contributed by atoms with Gasteiger partial charge in [0.1, 0.15) is 0 Å². The topological polar surface area (TPSA) is 84.6 Å². The molecule has 2 N–H and O–H groups in total. The molecule has 0 aliphatic carbocycles. The van der Waals surface area contributed by atoms with E-state index in [1.165, 1.54) is 6.07 Å². The maximum Gasteiger partial charge on any atom is 0.269 e. The van der Waals surface area contributed by atoms with E-state index in [0.29, 0.717) is 12.5 Å². The van der Waals surface area contributed by atoms with Crippen LogP contribution >= 0.6 is 0 Å². The molecular weight excluding hydrogens is 260 g/mol. The summed E-state index contributed by atoms with van der Waals surface area (Å²) in [6.07, 6.45) is 2.53. The van der Waals surface area contributed by atoms with E-state index < -0.39 is 0 Å². The fourth-order valence-electron chi connectivity index (χ4n) is 3.27. The molecule has 2 aliphatic heterocycles. The van der Waals surface area contributed by atoms with E-state index in [1.54, 1.807) is 12.1 Å². The highest BCUT2D eigenvalue weighted by molar-refractivity contribution is 5.60. The van der Waals surface area contributed by atoms with Crippen LogP contribution < -0.4 is 5.32 Å². The number of rotatable bonds is 4. The number of aliphatic hydroxyl groups excluding tert-OH is 1. The number of fused-ring (bicyclic) bond motifs is 3. The molecule has 108 valence electrons. The second kappa shape index (κ2) is 5.38. The molecule has 0 spiro atoms. The quantitative estimate of drug-likeness (QED) is 0.651. The molecule has 20 heavy (non-hydrogen) atoms. The first-order chi connectivity index (χ1) is 9.70. The molecule has 3 rings (SSSR count). The van der Waals surface area contributed by atoms with E-state index in [-0.39, 0.29) is 29.4 Å². The van der Waals surface area contributed by atoms with Gasteiger partial charge in [-0.2, -0.15) is 0 Å². The maximum absolute atomic E-state index is 10.9. The molecule has 6 heteroatoms. The van der Waals surface area contributed by atoms with Crippen LogP contribution in [0.4, 0.5) is 11.4 Å². The number of hydrogen-bond donors (Lipinski definition) is 2. The van der Waals surface area contributed by atoms with Gasteiger partial charge < -0.3 is 15.2 Å². The standard InChI is InChI=1S/C14H18N2O4/c17-6-1-2-12-10-5-7-20-14(10)11-8-9(16(18)19)3-4-13(11)15-12/h3-4,8,10,12,14-15,17H,1-2,5-7H2/t10-,12-,14-/m0/s1. The number of nitrogens with zero attached hydrogens (tertiary/aromatic N) is 1. The van der Waals surface area contributed by atoms with Gasteiger partial charge >= 0.3 is 0 Å². The molecule has 1 fully saturated rings. The number of aliphatic hydroxyl groups is 1. The summed E-state index contributed by atoms with van der Waals surface area (Å²) in [5.41, 5.74) is 1.91. The Hall–Kier alpha value is -1.66. The van der Waals surface area contributed by atoms with Crippen molar-refractivity contribution in [2.24, 2.45) is 5.92 Å². The molecule has 2 heterocycles. The Kier molecular flexibility index (Phi) is 3.58. The largest absolute Gasteiger partial charge is 0.396 e. The molecule has 0 saturated carbocycles. The smallest absolute Gasteiger partial charge is 0.269 e. The molecule has 1 saturated heterocycles. The van der Waals surface area contributed by atoms with E-state index >= 15 is 0 Å². The monoisotopic (exact) mass is 278 g/mol. The van der Waals surface area contributed by atoms with Crippen LogP contribution in [-0.2, 0) is 4.74 Å². The molecule has 0 radical (unpaired) electrons. The summed E-state index contributed by atoms with van der Waals surface area (Å²) in [6, 6.07) is 5.17. The molecule has 1 aromatic rings. The Bertz CT molecular complexity index is 520. The van der Waals surface area contributed by atoms with Gasteiger partial charge in [0.2, 0.25) is 0 Å². The lowest BCUT2D eigenvalue weighted by molar-refractivity contribution is -0.385. The summed E-state index contributed by atoms with van der Waals surface area (Å²) < 4.78 is 5.80. The second-order valence-corrected chi connectivity index (χ2v) is 5.39. The minimum atomic E-state index is -0.373. The Labute approximate surface area is 116 Å². The zero-order chi connectivity index (χ0) is 14.1.